The largest absolute Gasteiger partial charge is 0.373 e. The quantitative estimate of drug-likeness (QED) is 0.0539. The molecule has 6 heteroatoms. The van der Waals surface area contributed by atoms with Crippen molar-refractivity contribution in [2.45, 2.75) is 141 Å². The summed E-state index contributed by atoms with van der Waals surface area (Å²) in [6.45, 7) is 2.26. The Morgan fingerprint density at radius 3 is 1.32 bits per heavy atom. The molecule has 1 atom stereocenters. The standard InChI is InChI=1S/C28H58NO4P/c1-5-6-7-8-9-10-11-12-13-14-15-16-17-18-19-20-21-22-23-24-25-26-28(30,34(31,32)33)27-29(2,3)4/h6-7,30H,5,8-27H2,1-4H3,(H-,31,32,33)/p+1/b7-6-. The number of allylic oxidation sites excluding steroid dienone is 2. The highest BCUT2D eigenvalue weighted by Crippen LogP contribution is 2.52. The third kappa shape index (κ3) is 20.0. The van der Waals surface area contributed by atoms with E-state index >= 15 is 0 Å². The number of rotatable bonds is 24. The molecule has 0 aromatic rings. The molecule has 0 aliphatic heterocycles. The fraction of sp³-hybridized carbons (Fsp3) is 0.929. The van der Waals surface area contributed by atoms with Crippen molar-refractivity contribution in [1.29, 1.82) is 0 Å². The van der Waals surface area contributed by atoms with Crippen LogP contribution >= 0.6 is 7.60 Å². The summed E-state index contributed by atoms with van der Waals surface area (Å²) in [5.41, 5.74) is 0. The van der Waals surface area contributed by atoms with Crippen LogP contribution in [0.5, 0.6) is 0 Å². The minimum atomic E-state index is -4.54. The maximum atomic E-state index is 11.8. The van der Waals surface area contributed by atoms with Crippen molar-refractivity contribution < 1.29 is 23.9 Å². The zero-order valence-corrected chi connectivity index (χ0v) is 24.0. The number of hydrogen-bond donors (Lipinski definition) is 3. The fourth-order valence-electron chi connectivity index (χ4n) is 4.68. The molecule has 0 rings (SSSR count). The van der Waals surface area contributed by atoms with Crippen LogP contribution in [0.25, 0.3) is 0 Å². The number of unbranched alkanes of at least 4 members (excludes halogenated alkanes) is 17. The Balaban J connectivity index is 3.48. The van der Waals surface area contributed by atoms with Gasteiger partial charge in [0.15, 0.2) is 0 Å². The number of likely N-dealkylation sites (N-methyl/N-ethyl adjacent to an activating group) is 1. The maximum Gasteiger partial charge on any atom is 0.362 e. The number of aliphatic hydroxyl groups is 1. The van der Waals surface area contributed by atoms with E-state index in [9.17, 15) is 19.5 Å². The first-order valence-electron chi connectivity index (χ1n) is 14.3. The molecular weight excluding hydrogens is 445 g/mol. The van der Waals surface area contributed by atoms with Crippen LogP contribution in [-0.2, 0) is 4.57 Å². The number of nitrogens with zero attached hydrogens (tertiary/aromatic N) is 1. The molecule has 204 valence electrons. The first-order valence-corrected chi connectivity index (χ1v) is 15.9. The zero-order valence-electron chi connectivity index (χ0n) is 23.1. The van der Waals surface area contributed by atoms with Crippen molar-refractivity contribution in [2.24, 2.45) is 0 Å². The van der Waals surface area contributed by atoms with Gasteiger partial charge in [0.05, 0.1) is 21.1 Å². The van der Waals surface area contributed by atoms with Crippen LogP contribution in [0.1, 0.15) is 135 Å². The minimum absolute atomic E-state index is 0.0640. The lowest BCUT2D eigenvalue weighted by Crippen LogP contribution is -2.49. The Labute approximate surface area is 212 Å². The Morgan fingerprint density at radius 1 is 0.647 bits per heavy atom. The van der Waals surface area contributed by atoms with E-state index in [4.69, 9.17) is 0 Å². The predicted molar refractivity (Wildman–Crippen MR) is 147 cm³/mol. The number of hydrogen-bond acceptors (Lipinski definition) is 2. The molecule has 34 heavy (non-hydrogen) atoms. The summed E-state index contributed by atoms with van der Waals surface area (Å²) in [7, 11) is 0.990. The van der Waals surface area contributed by atoms with Crippen LogP contribution in [0.3, 0.4) is 0 Å². The van der Waals surface area contributed by atoms with E-state index < -0.39 is 12.9 Å². The Morgan fingerprint density at radius 2 is 1.00 bits per heavy atom. The molecular formula is C28H59NO4P+. The van der Waals surface area contributed by atoms with Crippen molar-refractivity contribution in [1.82, 2.24) is 0 Å². The molecule has 0 amide bonds. The molecule has 0 aromatic carbocycles. The van der Waals surface area contributed by atoms with Gasteiger partial charge in [-0.05, 0) is 32.1 Å². The van der Waals surface area contributed by atoms with Crippen LogP contribution in [0.15, 0.2) is 12.2 Å². The van der Waals surface area contributed by atoms with Gasteiger partial charge < -0.3 is 19.4 Å². The van der Waals surface area contributed by atoms with Gasteiger partial charge in [0.25, 0.3) is 0 Å². The molecule has 5 nitrogen and oxygen atoms in total. The van der Waals surface area contributed by atoms with Crippen LogP contribution < -0.4 is 0 Å². The van der Waals surface area contributed by atoms with E-state index in [0.717, 1.165) is 19.3 Å². The first kappa shape index (κ1) is 33.8. The molecule has 0 spiro atoms. The van der Waals surface area contributed by atoms with Crippen LogP contribution in [0, 0.1) is 0 Å². The van der Waals surface area contributed by atoms with Gasteiger partial charge in [-0.2, -0.15) is 0 Å². The van der Waals surface area contributed by atoms with Gasteiger partial charge in [-0.3, -0.25) is 4.57 Å². The van der Waals surface area contributed by atoms with Crippen molar-refractivity contribution in [3.63, 3.8) is 0 Å². The molecule has 0 radical (unpaired) electrons. The van der Waals surface area contributed by atoms with Crippen molar-refractivity contribution in [3.05, 3.63) is 12.2 Å². The maximum absolute atomic E-state index is 11.8. The molecule has 0 heterocycles. The molecule has 0 aromatic heterocycles. The second kappa shape index (κ2) is 19.9. The van der Waals surface area contributed by atoms with Gasteiger partial charge in [0.1, 0.15) is 6.54 Å². The summed E-state index contributed by atoms with van der Waals surface area (Å²) in [5, 5.41) is 8.66. The van der Waals surface area contributed by atoms with E-state index in [2.05, 4.69) is 19.1 Å². The van der Waals surface area contributed by atoms with Gasteiger partial charge in [-0.25, -0.2) is 0 Å². The summed E-state index contributed by atoms with van der Waals surface area (Å²) in [4.78, 5) is 19.2. The van der Waals surface area contributed by atoms with Gasteiger partial charge in [-0.1, -0.05) is 115 Å². The smallest absolute Gasteiger partial charge is 0.362 e. The van der Waals surface area contributed by atoms with Crippen molar-refractivity contribution in [3.8, 4) is 0 Å². The normalized spacial score (nSPS) is 14.7. The van der Waals surface area contributed by atoms with Gasteiger partial charge in [0, 0.05) is 0 Å². The van der Waals surface area contributed by atoms with Gasteiger partial charge >= 0.3 is 7.60 Å². The molecule has 0 saturated carbocycles. The molecule has 0 bridgehead atoms. The lowest BCUT2D eigenvalue weighted by Gasteiger charge is -2.35. The molecule has 1 unspecified atom stereocenters. The van der Waals surface area contributed by atoms with E-state index in [1.807, 2.05) is 21.1 Å². The van der Waals surface area contributed by atoms with Crippen molar-refractivity contribution in [2.75, 3.05) is 27.7 Å². The summed E-state index contributed by atoms with van der Waals surface area (Å²) in [5.74, 6) is 0. The second-order valence-electron chi connectivity index (χ2n) is 11.4. The van der Waals surface area contributed by atoms with E-state index in [0.29, 0.717) is 10.9 Å². The highest BCUT2D eigenvalue weighted by atomic mass is 31.2. The summed E-state index contributed by atoms with van der Waals surface area (Å²) >= 11 is 0. The highest BCUT2D eigenvalue weighted by molar-refractivity contribution is 7.53. The first-order chi connectivity index (χ1) is 16.0. The topological polar surface area (TPSA) is 77.8 Å². The lowest BCUT2D eigenvalue weighted by atomic mass is 10.0. The third-order valence-electron chi connectivity index (χ3n) is 6.62. The average molecular weight is 505 g/mol. The monoisotopic (exact) mass is 504 g/mol. The molecule has 0 aliphatic carbocycles. The highest BCUT2D eigenvalue weighted by Gasteiger charge is 2.48. The Kier molecular flexibility index (Phi) is 19.8. The van der Waals surface area contributed by atoms with Gasteiger partial charge in [-0.15, -0.1) is 0 Å². The minimum Gasteiger partial charge on any atom is -0.373 e. The van der Waals surface area contributed by atoms with Crippen LogP contribution in [-0.4, -0.2) is 52.4 Å². The Hall–Kier alpha value is -0.190. The molecule has 0 aliphatic rings. The summed E-state index contributed by atoms with van der Waals surface area (Å²) in [6.07, 6.45) is 28.8. The fourth-order valence-corrected chi connectivity index (χ4v) is 5.74. The molecule has 0 fully saturated rings. The van der Waals surface area contributed by atoms with Gasteiger partial charge in [0.2, 0.25) is 5.34 Å². The predicted octanol–water partition coefficient (Wildman–Crippen LogP) is 7.94. The third-order valence-corrected chi connectivity index (χ3v) is 8.07. The summed E-state index contributed by atoms with van der Waals surface area (Å²) in [6, 6.07) is 0. The Bertz CT molecular complexity index is 541. The number of quaternary nitrogens is 1. The lowest BCUT2D eigenvalue weighted by molar-refractivity contribution is -0.875. The summed E-state index contributed by atoms with van der Waals surface area (Å²) < 4.78 is 12.1. The van der Waals surface area contributed by atoms with E-state index in [1.165, 1.54) is 96.3 Å². The molecule has 0 saturated heterocycles. The van der Waals surface area contributed by atoms with Crippen LogP contribution in [0.4, 0.5) is 0 Å². The SMILES string of the molecule is CC/C=C\CCCCCCCCCCCCCCCCCCCC(O)(C[N+](C)(C)C)P(=O)(O)O. The molecule has 3 N–H and O–H groups in total. The van der Waals surface area contributed by atoms with Crippen molar-refractivity contribution >= 4 is 7.60 Å². The van der Waals surface area contributed by atoms with Crippen LogP contribution in [0.2, 0.25) is 0 Å². The van der Waals surface area contributed by atoms with E-state index in [1.54, 1.807) is 0 Å². The van der Waals surface area contributed by atoms with E-state index in [-0.39, 0.29) is 13.0 Å². The zero-order chi connectivity index (χ0) is 25.8. The second-order valence-corrected chi connectivity index (χ2v) is 13.3. The average Bonchev–Trinajstić information content (AvgIpc) is 2.73.